The van der Waals surface area contributed by atoms with E-state index in [1.54, 1.807) is 0 Å². The fourth-order valence-corrected chi connectivity index (χ4v) is 4.15. The monoisotopic (exact) mass is 574 g/mol. The van der Waals surface area contributed by atoms with Crippen LogP contribution in [0.1, 0.15) is 30.5 Å². The van der Waals surface area contributed by atoms with E-state index in [9.17, 15) is 31.9 Å². The molecule has 1 aromatic heterocycles. The molecule has 2 aromatic carbocycles. The smallest absolute Gasteiger partial charge is 0.307 e. The molecule has 0 radical (unpaired) electrons. The molecule has 40 heavy (non-hydrogen) atoms. The molecule has 14 heteroatoms. The van der Waals surface area contributed by atoms with Gasteiger partial charge in [0.05, 0.1) is 47.0 Å². The van der Waals surface area contributed by atoms with E-state index in [1.807, 2.05) is 0 Å². The van der Waals surface area contributed by atoms with Crippen LogP contribution >= 0.6 is 11.6 Å². The van der Waals surface area contributed by atoms with Gasteiger partial charge in [0.2, 0.25) is 0 Å². The highest BCUT2D eigenvalue weighted by Crippen LogP contribution is 2.38. The van der Waals surface area contributed by atoms with Crippen LogP contribution in [0.5, 0.6) is 0 Å². The maximum absolute atomic E-state index is 14.1. The normalized spacial score (nSPS) is 14.8. The van der Waals surface area contributed by atoms with Crippen molar-refractivity contribution in [3.63, 3.8) is 0 Å². The van der Waals surface area contributed by atoms with E-state index in [4.69, 9.17) is 16.9 Å². The van der Waals surface area contributed by atoms with Crippen molar-refractivity contribution in [2.75, 3.05) is 15.5 Å². The molecule has 0 saturated carbocycles. The number of benzene rings is 2. The average molecular weight is 575 g/mol. The van der Waals surface area contributed by atoms with E-state index < -0.39 is 46.6 Å². The molecule has 2 heterocycles. The molecule has 1 saturated heterocycles. The van der Waals surface area contributed by atoms with Crippen LogP contribution in [-0.2, 0) is 17.5 Å². The molecule has 2 N–H and O–H groups in total. The summed E-state index contributed by atoms with van der Waals surface area (Å²) in [7, 11) is 0. The van der Waals surface area contributed by atoms with Gasteiger partial charge in [-0.15, -0.1) is 0 Å². The second-order valence-electron chi connectivity index (χ2n) is 9.16. The maximum atomic E-state index is 14.1. The molecule has 0 unspecified atom stereocenters. The Labute approximate surface area is 230 Å². The highest BCUT2D eigenvalue weighted by Gasteiger charge is 2.52. The topological polar surface area (TPSA) is 118 Å². The minimum atomic E-state index is -4.90. The first-order valence-corrected chi connectivity index (χ1v) is 11.9. The van der Waals surface area contributed by atoms with E-state index in [2.05, 4.69) is 15.6 Å². The Morgan fingerprint density at radius 2 is 1.82 bits per heavy atom. The molecule has 5 amide bonds. The van der Waals surface area contributed by atoms with Gasteiger partial charge in [0.15, 0.2) is 0 Å². The van der Waals surface area contributed by atoms with Gasteiger partial charge >= 0.3 is 18.2 Å². The second kappa shape index (κ2) is 10.5. The van der Waals surface area contributed by atoms with Gasteiger partial charge in [-0.3, -0.25) is 4.79 Å². The van der Waals surface area contributed by atoms with Crippen molar-refractivity contribution in [2.24, 2.45) is 0 Å². The number of nitriles is 1. The number of nitrogens with zero attached hydrogens (tertiary/aromatic N) is 4. The second-order valence-corrected chi connectivity index (χ2v) is 9.55. The van der Waals surface area contributed by atoms with Crippen molar-refractivity contribution in [1.29, 1.82) is 5.26 Å². The molecule has 206 valence electrons. The standard InChI is InChI=1S/C26H19ClF4N6O3/c1-25(2)22(38)37(18-7-4-14(11-32)19(10-18)26(29,30)31)24(40)36(25)13-15-3-5-16(28)9-20(15)35-23(39)34-17-6-8-21(27)33-12-17/h3-10,12H,13H2,1-2H3,(H2,34,35,39). The van der Waals surface area contributed by atoms with Gasteiger partial charge in [-0.2, -0.15) is 18.4 Å². The number of rotatable bonds is 5. The fourth-order valence-electron chi connectivity index (χ4n) is 4.04. The Hall–Kier alpha value is -4.70. The van der Waals surface area contributed by atoms with Crippen LogP contribution in [0.2, 0.25) is 5.15 Å². The van der Waals surface area contributed by atoms with Crippen molar-refractivity contribution < 1.29 is 31.9 Å². The number of halogens is 5. The zero-order valence-electron chi connectivity index (χ0n) is 20.8. The molecule has 0 bridgehead atoms. The lowest BCUT2D eigenvalue weighted by molar-refractivity contribution is -0.137. The number of hydrogen-bond acceptors (Lipinski definition) is 5. The number of anilines is 3. The molecule has 4 rings (SSSR count). The lowest BCUT2D eigenvalue weighted by atomic mass is 10.0. The number of carbonyl (C=O) groups excluding carboxylic acids is 3. The third kappa shape index (κ3) is 5.52. The maximum Gasteiger partial charge on any atom is 0.417 e. The minimum Gasteiger partial charge on any atom is -0.307 e. The quantitative estimate of drug-likeness (QED) is 0.215. The number of carbonyl (C=O) groups is 3. The number of nitrogens with one attached hydrogen (secondary N) is 2. The lowest BCUT2D eigenvalue weighted by Gasteiger charge is -2.28. The molecule has 0 spiro atoms. The van der Waals surface area contributed by atoms with Gasteiger partial charge in [0.1, 0.15) is 16.5 Å². The summed E-state index contributed by atoms with van der Waals surface area (Å²) in [5.41, 5.74) is -3.36. The summed E-state index contributed by atoms with van der Waals surface area (Å²) in [6.07, 6.45) is -3.60. The number of pyridine rings is 1. The molecule has 9 nitrogen and oxygen atoms in total. The number of urea groups is 2. The third-order valence-corrected chi connectivity index (χ3v) is 6.37. The van der Waals surface area contributed by atoms with Crippen molar-refractivity contribution in [2.45, 2.75) is 32.1 Å². The lowest BCUT2D eigenvalue weighted by Crippen LogP contribution is -2.43. The van der Waals surface area contributed by atoms with Crippen molar-refractivity contribution >= 4 is 46.6 Å². The van der Waals surface area contributed by atoms with Crippen molar-refractivity contribution in [3.8, 4) is 6.07 Å². The molecule has 0 atom stereocenters. The highest BCUT2D eigenvalue weighted by atomic mass is 35.5. The first kappa shape index (κ1) is 28.3. The van der Waals surface area contributed by atoms with Crippen molar-refractivity contribution in [1.82, 2.24) is 9.88 Å². The number of hydrogen-bond donors (Lipinski definition) is 2. The molecule has 0 aliphatic carbocycles. The number of amides is 5. The predicted octanol–water partition coefficient (Wildman–Crippen LogP) is 6.16. The van der Waals surface area contributed by atoms with Gasteiger partial charge in [0, 0.05) is 0 Å². The van der Waals surface area contributed by atoms with Crippen LogP contribution in [0.25, 0.3) is 0 Å². The predicted molar refractivity (Wildman–Crippen MR) is 137 cm³/mol. The number of imide groups is 1. The minimum absolute atomic E-state index is 0.0216. The van der Waals surface area contributed by atoms with Gasteiger partial charge in [0.25, 0.3) is 5.91 Å². The average Bonchev–Trinajstić information content (AvgIpc) is 3.05. The zero-order chi connectivity index (χ0) is 29.4. The Bertz CT molecular complexity index is 1550. The summed E-state index contributed by atoms with van der Waals surface area (Å²) in [6, 6.07) is 8.58. The van der Waals surface area contributed by atoms with Gasteiger partial charge in [-0.05, 0) is 61.9 Å². The molecule has 1 aliphatic heterocycles. The summed E-state index contributed by atoms with van der Waals surface area (Å²) in [5.74, 6) is -1.52. The molecular weight excluding hydrogens is 556 g/mol. The third-order valence-electron chi connectivity index (χ3n) is 6.14. The first-order valence-electron chi connectivity index (χ1n) is 11.5. The van der Waals surface area contributed by atoms with E-state index >= 15 is 0 Å². The molecule has 1 aliphatic rings. The van der Waals surface area contributed by atoms with E-state index in [0.717, 1.165) is 29.2 Å². The van der Waals surface area contributed by atoms with Gasteiger partial charge in [-0.25, -0.2) is 23.9 Å². The zero-order valence-corrected chi connectivity index (χ0v) is 21.6. The molecule has 1 fully saturated rings. The first-order chi connectivity index (χ1) is 18.7. The molecule has 3 aromatic rings. The van der Waals surface area contributed by atoms with Crippen LogP contribution in [0, 0.1) is 17.1 Å². The van der Waals surface area contributed by atoms with Crippen LogP contribution < -0.4 is 15.5 Å². The summed E-state index contributed by atoms with van der Waals surface area (Å²) >= 11 is 5.73. The Kier molecular flexibility index (Phi) is 7.40. The fraction of sp³-hybridized carbons (Fsp3) is 0.192. The molecular formula is C26H19ClF4N6O3. The van der Waals surface area contributed by atoms with E-state index in [0.29, 0.717) is 11.0 Å². The van der Waals surface area contributed by atoms with Gasteiger partial charge in [-0.1, -0.05) is 17.7 Å². The van der Waals surface area contributed by atoms with Crippen LogP contribution in [0.4, 0.5) is 44.2 Å². The Balaban J connectivity index is 1.63. The SMILES string of the molecule is CC1(C)C(=O)N(c2ccc(C#N)c(C(F)(F)F)c2)C(=O)N1Cc1ccc(F)cc1NC(=O)Nc1ccc(Cl)nc1. The Morgan fingerprint density at radius 3 is 2.45 bits per heavy atom. The Morgan fingerprint density at radius 1 is 1.10 bits per heavy atom. The number of aromatic nitrogens is 1. The van der Waals surface area contributed by atoms with Crippen LogP contribution in [-0.4, -0.2) is 33.4 Å². The largest absolute Gasteiger partial charge is 0.417 e. The van der Waals surface area contributed by atoms with Crippen molar-refractivity contribution in [3.05, 3.63) is 82.4 Å². The number of alkyl halides is 3. The van der Waals surface area contributed by atoms with Gasteiger partial charge < -0.3 is 15.5 Å². The van der Waals surface area contributed by atoms with E-state index in [-0.39, 0.29) is 34.3 Å². The van der Waals surface area contributed by atoms with Crippen LogP contribution in [0.15, 0.2) is 54.7 Å². The summed E-state index contributed by atoms with van der Waals surface area (Å²) in [5, 5.41) is 14.2. The van der Waals surface area contributed by atoms with Crippen LogP contribution in [0.3, 0.4) is 0 Å². The summed E-state index contributed by atoms with van der Waals surface area (Å²) in [4.78, 5) is 44.7. The summed E-state index contributed by atoms with van der Waals surface area (Å²) < 4.78 is 54.7. The summed E-state index contributed by atoms with van der Waals surface area (Å²) in [6.45, 7) is 2.49. The van der Waals surface area contributed by atoms with E-state index in [1.165, 1.54) is 44.3 Å². The highest BCUT2D eigenvalue weighted by molar-refractivity contribution is 6.29.